The fourth-order valence-corrected chi connectivity index (χ4v) is 4.23. The summed E-state index contributed by atoms with van der Waals surface area (Å²) in [6.45, 7) is 3.47. The predicted octanol–water partition coefficient (Wildman–Crippen LogP) is 3.44. The number of alkyl halides is 6. The molecule has 4 nitrogen and oxygen atoms in total. The van der Waals surface area contributed by atoms with Gasteiger partial charge in [-0.15, -0.1) is 0 Å². The lowest BCUT2D eigenvalue weighted by atomic mass is 10.1. The molecular weight excluding hydrogens is 386 g/mol. The summed E-state index contributed by atoms with van der Waals surface area (Å²) in [4.78, 5) is 0.989. The first-order valence-corrected chi connectivity index (χ1v) is 9.31. The summed E-state index contributed by atoms with van der Waals surface area (Å²) in [6, 6.07) is 0.421. The normalized spacial score (nSPS) is 18.3. The molecule has 0 aromatic heterocycles. The van der Waals surface area contributed by atoms with Gasteiger partial charge in [-0.3, -0.25) is 0 Å². The van der Waals surface area contributed by atoms with E-state index >= 15 is 0 Å². The van der Waals surface area contributed by atoms with Crippen LogP contribution in [0.25, 0.3) is 0 Å². The first-order chi connectivity index (χ1) is 11.9. The number of halogens is 6. The standard InChI is InChI=1S/C15H18F6N2O2S/c1-2-3-22-4-6-23(7-5-22)26(24,25)13-9-11(14(16,17)18)8-12(10-13)15(19,20)21/h8-10H,2-7H2,1H3. The van der Waals surface area contributed by atoms with Crippen molar-refractivity contribution in [3.8, 4) is 0 Å². The Morgan fingerprint density at radius 2 is 1.35 bits per heavy atom. The van der Waals surface area contributed by atoms with Crippen molar-refractivity contribution in [2.45, 2.75) is 30.6 Å². The lowest BCUT2D eigenvalue weighted by Gasteiger charge is -2.33. The first kappa shape index (κ1) is 21.0. The van der Waals surface area contributed by atoms with Crippen LogP contribution in [0.2, 0.25) is 0 Å². The maximum absolute atomic E-state index is 12.9. The zero-order valence-electron chi connectivity index (χ0n) is 13.9. The number of hydrogen-bond acceptors (Lipinski definition) is 3. The lowest BCUT2D eigenvalue weighted by Crippen LogP contribution is -2.48. The molecule has 2 rings (SSSR count). The van der Waals surface area contributed by atoms with Gasteiger partial charge in [0.25, 0.3) is 0 Å². The summed E-state index contributed by atoms with van der Waals surface area (Å²) in [7, 11) is -4.46. The molecule has 11 heteroatoms. The number of piperazine rings is 1. The third kappa shape index (κ3) is 4.68. The highest BCUT2D eigenvalue weighted by atomic mass is 32.2. The van der Waals surface area contributed by atoms with Crippen LogP contribution in [0.15, 0.2) is 23.1 Å². The van der Waals surface area contributed by atoms with E-state index in [-0.39, 0.29) is 31.3 Å². The SMILES string of the molecule is CCCN1CCN(S(=O)(=O)c2cc(C(F)(F)F)cc(C(F)(F)F)c2)CC1. The molecule has 0 bridgehead atoms. The van der Waals surface area contributed by atoms with Crippen molar-refractivity contribution in [3.05, 3.63) is 29.3 Å². The van der Waals surface area contributed by atoms with Crippen molar-refractivity contribution < 1.29 is 34.8 Å². The van der Waals surface area contributed by atoms with Crippen molar-refractivity contribution in [1.29, 1.82) is 0 Å². The zero-order chi connectivity index (χ0) is 19.8. The molecule has 1 heterocycles. The minimum Gasteiger partial charge on any atom is -0.301 e. The minimum atomic E-state index is -5.09. The molecule has 1 aliphatic heterocycles. The van der Waals surface area contributed by atoms with Gasteiger partial charge in [-0.1, -0.05) is 6.92 Å². The zero-order valence-corrected chi connectivity index (χ0v) is 14.7. The molecule has 1 saturated heterocycles. The smallest absolute Gasteiger partial charge is 0.301 e. The Bertz CT molecular complexity index is 705. The fourth-order valence-electron chi connectivity index (χ4n) is 2.73. The van der Waals surface area contributed by atoms with Gasteiger partial charge in [-0.05, 0) is 31.2 Å². The van der Waals surface area contributed by atoms with E-state index in [4.69, 9.17) is 0 Å². The minimum absolute atomic E-state index is 0.0138. The van der Waals surface area contributed by atoms with Crippen LogP contribution in [0, 0.1) is 0 Å². The van der Waals surface area contributed by atoms with Crippen LogP contribution >= 0.6 is 0 Å². The molecule has 0 aliphatic carbocycles. The van der Waals surface area contributed by atoms with Crippen molar-refractivity contribution in [3.63, 3.8) is 0 Å². The van der Waals surface area contributed by atoms with Crippen molar-refractivity contribution >= 4 is 10.0 Å². The van der Waals surface area contributed by atoms with Crippen LogP contribution in [-0.2, 0) is 22.4 Å². The first-order valence-electron chi connectivity index (χ1n) is 7.87. The fraction of sp³-hybridized carbons (Fsp3) is 0.600. The van der Waals surface area contributed by atoms with Crippen LogP contribution in [0.1, 0.15) is 24.5 Å². The predicted molar refractivity (Wildman–Crippen MR) is 81.9 cm³/mol. The highest BCUT2D eigenvalue weighted by molar-refractivity contribution is 7.89. The number of nitrogens with zero attached hydrogens (tertiary/aromatic N) is 2. The average Bonchev–Trinajstić information content (AvgIpc) is 2.53. The molecule has 0 atom stereocenters. The lowest BCUT2D eigenvalue weighted by molar-refractivity contribution is -0.143. The Balaban J connectivity index is 2.40. The van der Waals surface area contributed by atoms with Gasteiger partial charge in [-0.25, -0.2) is 8.42 Å². The second-order valence-electron chi connectivity index (χ2n) is 5.99. The quantitative estimate of drug-likeness (QED) is 0.722. The van der Waals surface area contributed by atoms with Crippen LogP contribution in [-0.4, -0.2) is 50.3 Å². The van der Waals surface area contributed by atoms with Crippen molar-refractivity contribution in [2.75, 3.05) is 32.7 Å². The maximum Gasteiger partial charge on any atom is 0.416 e. The molecule has 0 saturated carbocycles. The van der Waals surface area contributed by atoms with Crippen LogP contribution in [0.3, 0.4) is 0 Å². The summed E-state index contributed by atoms with van der Waals surface area (Å²) in [6.07, 6.45) is -9.33. The summed E-state index contributed by atoms with van der Waals surface area (Å²) in [5.41, 5.74) is -3.29. The molecule has 0 radical (unpaired) electrons. The van der Waals surface area contributed by atoms with E-state index in [1.807, 2.05) is 11.8 Å². The average molecular weight is 404 g/mol. The largest absolute Gasteiger partial charge is 0.416 e. The summed E-state index contributed by atoms with van der Waals surface area (Å²) >= 11 is 0. The number of sulfonamides is 1. The number of hydrogen-bond donors (Lipinski definition) is 0. The van der Waals surface area contributed by atoms with Gasteiger partial charge in [0.1, 0.15) is 0 Å². The summed E-state index contributed by atoms with van der Waals surface area (Å²) in [5, 5.41) is 0. The molecule has 1 aromatic carbocycles. The second kappa shape index (κ2) is 7.35. The van der Waals surface area contributed by atoms with Crippen LogP contribution in [0.4, 0.5) is 26.3 Å². The third-order valence-electron chi connectivity index (χ3n) is 4.07. The molecule has 0 unspecified atom stereocenters. The molecule has 0 spiro atoms. The Labute approximate surface area is 147 Å². The molecule has 0 amide bonds. The second-order valence-corrected chi connectivity index (χ2v) is 7.93. The van der Waals surface area contributed by atoms with E-state index in [0.29, 0.717) is 13.1 Å². The summed E-state index contributed by atoms with van der Waals surface area (Å²) < 4.78 is 104. The van der Waals surface area contributed by atoms with E-state index in [1.165, 1.54) is 0 Å². The van der Waals surface area contributed by atoms with Gasteiger partial charge in [-0.2, -0.15) is 30.6 Å². The molecule has 0 N–H and O–H groups in total. The molecule has 1 fully saturated rings. The number of benzene rings is 1. The third-order valence-corrected chi connectivity index (χ3v) is 5.95. The number of rotatable bonds is 4. The van der Waals surface area contributed by atoms with Gasteiger partial charge < -0.3 is 4.90 Å². The molecule has 26 heavy (non-hydrogen) atoms. The van der Waals surface area contributed by atoms with Gasteiger partial charge in [0.05, 0.1) is 16.0 Å². The van der Waals surface area contributed by atoms with Crippen LogP contribution < -0.4 is 0 Å². The molecule has 148 valence electrons. The van der Waals surface area contributed by atoms with E-state index in [0.717, 1.165) is 17.3 Å². The van der Waals surface area contributed by atoms with Gasteiger partial charge in [0, 0.05) is 26.2 Å². The van der Waals surface area contributed by atoms with E-state index in [9.17, 15) is 34.8 Å². The maximum atomic E-state index is 12.9. The topological polar surface area (TPSA) is 40.6 Å². The summed E-state index contributed by atoms with van der Waals surface area (Å²) in [5.74, 6) is 0. The Hall–Kier alpha value is -1.33. The molecule has 1 aliphatic rings. The highest BCUT2D eigenvalue weighted by Crippen LogP contribution is 2.37. The van der Waals surface area contributed by atoms with Gasteiger partial charge in [0.15, 0.2) is 0 Å². The highest BCUT2D eigenvalue weighted by Gasteiger charge is 2.39. The van der Waals surface area contributed by atoms with E-state index in [2.05, 4.69) is 0 Å². The Morgan fingerprint density at radius 1 is 0.885 bits per heavy atom. The molecule has 1 aromatic rings. The van der Waals surface area contributed by atoms with E-state index < -0.39 is 38.4 Å². The Kier molecular flexibility index (Phi) is 5.93. The molecular formula is C15H18F6N2O2S. The van der Waals surface area contributed by atoms with Crippen LogP contribution in [0.5, 0.6) is 0 Å². The van der Waals surface area contributed by atoms with Gasteiger partial charge >= 0.3 is 12.4 Å². The van der Waals surface area contributed by atoms with Gasteiger partial charge in [0.2, 0.25) is 10.0 Å². The van der Waals surface area contributed by atoms with Crippen molar-refractivity contribution in [2.24, 2.45) is 0 Å². The monoisotopic (exact) mass is 404 g/mol. The Morgan fingerprint density at radius 3 is 1.73 bits per heavy atom. The van der Waals surface area contributed by atoms with Crippen molar-refractivity contribution in [1.82, 2.24) is 9.21 Å². The van der Waals surface area contributed by atoms with E-state index in [1.54, 1.807) is 0 Å².